The summed E-state index contributed by atoms with van der Waals surface area (Å²) in [4.78, 5) is 14.5. The molecule has 10 heteroatoms. The van der Waals surface area contributed by atoms with Crippen molar-refractivity contribution in [3.63, 3.8) is 0 Å². The number of aryl methyl sites for hydroxylation is 1. The first kappa shape index (κ1) is 18.4. The number of anilines is 1. The van der Waals surface area contributed by atoms with Crippen LogP contribution in [0.3, 0.4) is 0 Å². The third kappa shape index (κ3) is 4.22. The molecule has 1 heterocycles. The van der Waals surface area contributed by atoms with Crippen molar-refractivity contribution in [1.82, 2.24) is 10.1 Å². The number of hydrogen-bond acceptors (Lipinski definition) is 6. The molecular formula is C17H13F3N4O3. The van der Waals surface area contributed by atoms with Crippen LogP contribution in [0.2, 0.25) is 0 Å². The summed E-state index contributed by atoms with van der Waals surface area (Å²) in [5.74, 6) is 0.340. The Morgan fingerprint density at radius 3 is 2.52 bits per heavy atom. The molecule has 0 fully saturated rings. The van der Waals surface area contributed by atoms with E-state index in [4.69, 9.17) is 4.52 Å². The summed E-state index contributed by atoms with van der Waals surface area (Å²) in [6.45, 7) is 1.89. The van der Waals surface area contributed by atoms with E-state index in [1.807, 2.05) is 0 Å². The number of nitrogens with zero attached hydrogens (tertiary/aromatic N) is 3. The Kier molecular flexibility index (Phi) is 4.80. The Hall–Kier alpha value is -3.43. The molecule has 0 saturated carbocycles. The van der Waals surface area contributed by atoms with E-state index in [9.17, 15) is 23.3 Å². The molecule has 1 N–H and O–H groups in total. The second kappa shape index (κ2) is 7.06. The predicted molar refractivity (Wildman–Crippen MR) is 89.9 cm³/mol. The van der Waals surface area contributed by atoms with Crippen LogP contribution in [-0.2, 0) is 12.7 Å². The van der Waals surface area contributed by atoms with E-state index < -0.39 is 16.7 Å². The Balaban J connectivity index is 1.72. The molecule has 0 aliphatic heterocycles. The lowest BCUT2D eigenvalue weighted by atomic mass is 10.1. The van der Waals surface area contributed by atoms with E-state index >= 15 is 0 Å². The molecule has 3 aromatic rings. The van der Waals surface area contributed by atoms with Crippen LogP contribution in [0.5, 0.6) is 0 Å². The summed E-state index contributed by atoms with van der Waals surface area (Å²) in [7, 11) is 0. The second-order valence-electron chi connectivity index (χ2n) is 5.70. The van der Waals surface area contributed by atoms with Gasteiger partial charge in [0.1, 0.15) is 0 Å². The summed E-state index contributed by atoms with van der Waals surface area (Å²) in [5.41, 5.74) is 0.892. The molecule has 3 rings (SSSR count). The number of benzene rings is 2. The van der Waals surface area contributed by atoms with E-state index in [0.717, 1.165) is 17.7 Å². The maximum absolute atomic E-state index is 12.6. The number of aromatic nitrogens is 2. The Bertz CT molecular complexity index is 968. The van der Waals surface area contributed by atoms with Gasteiger partial charge in [-0.1, -0.05) is 23.4 Å². The van der Waals surface area contributed by atoms with Crippen LogP contribution < -0.4 is 5.32 Å². The van der Waals surface area contributed by atoms with Gasteiger partial charge in [0.05, 0.1) is 17.0 Å². The highest BCUT2D eigenvalue weighted by atomic mass is 19.4. The molecule has 0 amide bonds. The first-order valence-corrected chi connectivity index (χ1v) is 7.73. The van der Waals surface area contributed by atoms with Gasteiger partial charge in [0.15, 0.2) is 0 Å². The van der Waals surface area contributed by atoms with Gasteiger partial charge in [-0.25, -0.2) is 0 Å². The molecule has 0 atom stereocenters. The third-order valence-corrected chi connectivity index (χ3v) is 3.80. The van der Waals surface area contributed by atoms with Gasteiger partial charge in [-0.2, -0.15) is 18.2 Å². The van der Waals surface area contributed by atoms with Crippen molar-refractivity contribution in [3.8, 4) is 11.4 Å². The van der Waals surface area contributed by atoms with Gasteiger partial charge in [0.2, 0.25) is 11.7 Å². The third-order valence-electron chi connectivity index (χ3n) is 3.80. The van der Waals surface area contributed by atoms with Gasteiger partial charge in [0, 0.05) is 23.4 Å². The standard InChI is InChI=1S/C17H13F3N4O3/c1-10-2-7-13(24(25)26)8-14(10)21-9-15-22-16(23-27-15)11-3-5-12(6-4-11)17(18,19)20/h2-8,21H,9H2,1H3. The summed E-state index contributed by atoms with van der Waals surface area (Å²) < 4.78 is 42.9. The zero-order valence-corrected chi connectivity index (χ0v) is 13.9. The van der Waals surface area contributed by atoms with E-state index in [2.05, 4.69) is 15.5 Å². The van der Waals surface area contributed by atoms with Gasteiger partial charge in [-0.15, -0.1) is 0 Å². The first-order valence-electron chi connectivity index (χ1n) is 7.73. The molecular weight excluding hydrogens is 365 g/mol. The van der Waals surface area contributed by atoms with Crippen molar-refractivity contribution in [1.29, 1.82) is 0 Å². The van der Waals surface area contributed by atoms with Gasteiger partial charge in [-0.05, 0) is 24.6 Å². The molecule has 140 valence electrons. The van der Waals surface area contributed by atoms with Crippen molar-refractivity contribution in [3.05, 3.63) is 69.6 Å². The fraction of sp³-hybridized carbons (Fsp3) is 0.176. The summed E-state index contributed by atoms with van der Waals surface area (Å²) in [5, 5.41) is 17.6. The Morgan fingerprint density at radius 1 is 1.19 bits per heavy atom. The minimum absolute atomic E-state index is 0.0564. The topological polar surface area (TPSA) is 94.1 Å². The van der Waals surface area contributed by atoms with Gasteiger partial charge in [0.25, 0.3) is 5.69 Å². The largest absolute Gasteiger partial charge is 0.416 e. The van der Waals surface area contributed by atoms with Crippen LogP contribution in [0.15, 0.2) is 47.0 Å². The molecule has 0 saturated heterocycles. The lowest BCUT2D eigenvalue weighted by Crippen LogP contribution is -2.04. The SMILES string of the molecule is Cc1ccc([N+](=O)[O-])cc1NCc1nc(-c2ccc(C(F)(F)F)cc2)no1. The highest BCUT2D eigenvalue weighted by Gasteiger charge is 2.30. The molecule has 2 aromatic carbocycles. The van der Waals surface area contributed by atoms with Crippen LogP contribution in [-0.4, -0.2) is 15.1 Å². The van der Waals surface area contributed by atoms with Crippen LogP contribution in [0.4, 0.5) is 24.5 Å². The van der Waals surface area contributed by atoms with E-state index in [1.165, 1.54) is 24.3 Å². The van der Waals surface area contributed by atoms with Crippen LogP contribution in [0.1, 0.15) is 17.0 Å². The Morgan fingerprint density at radius 2 is 1.89 bits per heavy atom. The fourth-order valence-electron chi connectivity index (χ4n) is 2.34. The number of rotatable bonds is 5. The molecule has 0 aliphatic carbocycles. The van der Waals surface area contributed by atoms with Crippen LogP contribution in [0.25, 0.3) is 11.4 Å². The highest BCUT2D eigenvalue weighted by Crippen LogP contribution is 2.30. The normalized spacial score (nSPS) is 11.4. The van der Waals surface area contributed by atoms with E-state index in [-0.39, 0.29) is 23.9 Å². The molecule has 0 aliphatic rings. The number of alkyl halides is 3. The summed E-state index contributed by atoms with van der Waals surface area (Å²) >= 11 is 0. The zero-order valence-electron chi connectivity index (χ0n) is 13.9. The summed E-state index contributed by atoms with van der Waals surface area (Å²) in [6, 6.07) is 8.80. The fourth-order valence-corrected chi connectivity index (χ4v) is 2.34. The Labute approximate surface area is 151 Å². The van der Waals surface area contributed by atoms with Crippen LogP contribution >= 0.6 is 0 Å². The quantitative estimate of drug-likeness (QED) is 0.516. The smallest absolute Gasteiger partial charge is 0.376 e. The van der Waals surface area contributed by atoms with Gasteiger partial charge < -0.3 is 9.84 Å². The van der Waals surface area contributed by atoms with Crippen molar-refractivity contribution in [2.24, 2.45) is 0 Å². The van der Waals surface area contributed by atoms with E-state index in [0.29, 0.717) is 11.3 Å². The van der Waals surface area contributed by atoms with Crippen molar-refractivity contribution in [2.45, 2.75) is 19.6 Å². The van der Waals surface area contributed by atoms with Crippen molar-refractivity contribution < 1.29 is 22.6 Å². The average molecular weight is 378 g/mol. The van der Waals surface area contributed by atoms with Gasteiger partial charge >= 0.3 is 6.18 Å². The molecule has 1 aromatic heterocycles. The maximum Gasteiger partial charge on any atom is 0.416 e. The molecule has 0 spiro atoms. The first-order chi connectivity index (χ1) is 12.7. The monoisotopic (exact) mass is 378 g/mol. The molecule has 0 radical (unpaired) electrons. The molecule has 0 bridgehead atoms. The van der Waals surface area contributed by atoms with E-state index in [1.54, 1.807) is 13.0 Å². The maximum atomic E-state index is 12.6. The molecule has 7 nitrogen and oxygen atoms in total. The highest BCUT2D eigenvalue weighted by molar-refractivity contribution is 5.57. The minimum atomic E-state index is -4.42. The second-order valence-corrected chi connectivity index (χ2v) is 5.70. The number of hydrogen-bond donors (Lipinski definition) is 1. The van der Waals surface area contributed by atoms with Gasteiger partial charge in [-0.3, -0.25) is 10.1 Å². The lowest BCUT2D eigenvalue weighted by molar-refractivity contribution is -0.384. The van der Waals surface area contributed by atoms with Crippen molar-refractivity contribution in [2.75, 3.05) is 5.32 Å². The molecule has 0 unspecified atom stereocenters. The lowest BCUT2D eigenvalue weighted by Gasteiger charge is -2.06. The molecule has 27 heavy (non-hydrogen) atoms. The number of nitro groups is 1. The number of halogens is 3. The number of non-ortho nitro benzene ring substituents is 1. The summed E-state index contributed by atoms with van der Waals surface area (Å²) in [6.07, 6.45) is -4.42. The van der Waals surface area contributed by atoms with Crippen molar-refractivity contribution >= 4 is 11.4 Å². The average Bonchev–Trinajstić information content (AvgIpc) is 3.09. The minimum Gasteiger partial charge on any atom is -0.376 e. The predicted octanol–water partition coefficient (Wildman–Crippen LogP) is 4.58. The number of nitrogens with one attached hydrogen (secondary N) is 1. The zero-order chi connectivity index (χ0) is 19.6. The van der Waals surface area contributed by atoms with Crippen LogP contribution in [0, 0.1) is 17.0 Å². The number of nitro benzene ring substituents is 1.